The van der Waals surface area contributed by atoms with E-state index in [9.17, 15) is 4.79 Å². The molecule has 1 aliphatic rings. The lowest BCUT2D eigenvalue weighted by Gasteiger charge is -2.21. The summed E-state index contributed by atoms with van der Waals surface area (Å²) in [6.07, 6.45) is 7.28. The number of nitrogens with zero attached hydrogens (tertiary/aromatic N) is 1. The Labute approximate surface area is 126 Å². The lowest BCUT2D eigenvalue weighted by Crippen LogP contribution is -2.16. The Hall–Kier alpha value is -1.84. The summed E-state index contributed by atoms with van der Waals surface area (Å²) in [6.45, 7) is 6.36. The van der Waals surface area contributed by atoms with Crippen LogP contribution in [0.1, 0.15) is 44.2 Å². The van der Waals surface area contributed by atoms with Crippen LogP contribution in [-0.2, 0) is 9.53 Å². The zero-order chi connectivity index (χ0) is 15.2. The third-order valence-electron chi connectivity index (χ3n) is 3.75. The van der Waals surface area contributed by atoms with Gasteiger partial charge in [-0.25, -0.2) is 9.78 Å². The van der Waals surface area contributed by atoms with Gasteiger partial charge in [-0.05, 0) is 56.2 Å². The highest BCUT2D eigenvalue weighted by Gasteiger charge is 2.18. The number of hydrogen-bond acceptors (Lipinski definition) is 4. The number of allylic oxidation sites excluding steroid dienone is 2. The van der Waals surface area contributed by atoms with Gasteiger partial charge in [0.2, 0.25) is 5.88 Å². The van der Waals surface area contributed by atoms with E-state index in [1.165, 1.54) is 12.0 Å². The molecule has 1 atom stereocenters. The first-order valence-electron chi connectivity index (χ1n) is 7.55. The Morgan fingerprint density at radius 2 is 2.29 bits per heavy atom. The molecule has 0 aliphatic heterocycles. The molecule has 1 aromatic rings. The first kappa shape index (κ1) is 15.5. The van der Waals surface area contributed by atoms with Gasteiger partial charge in [0.25, 0.3) is 0 Å². The van der Waals surface area contributed by atoms with Crippen molar-refractivity contribution in [3.8, 4) is 5.88 Å². The third-order valence-corrected chi connectivity index (χ3v) is 3.75. The first-order chi connectivity index (χ1) is 10.1. The highest BCUT2D eigenvalue weighted by atomic mass is 16.6. The van der Waals surface area contributed by atoms with Crippen LogP contribution >= 0.6 is 0 Å². The van der Waals surface area contributed by atoms with E-state index in [-0.39, 0.29) is 12.6 Å². The minimum atomic E-state index is -0.363. The summed E-state index contributed by atoms with van der Waals surface area (Å²) in [5.74, 6) is 0.900. The predicted octanol–water partition coefficient (Wildman–Crippen LogP) is 3.54. The second-order valence-electron chi connectivity index (χ2n) is 5.51. The number of pyridine rings is 1. The summed E-state index contributed by atoms with van der Waals surface area (Å²) < 4.78 is 10.5. The second kappa shape index (κ2) is 7.25. The van der Waals surface area contributed by atoms with E-state index in [0.29, 0.717) is 12.5 Å². The molecule has 21 heavy (non-hydrogen) atoms. The van der Waals surface area contributed by atoms with Crippen molar-refractivity contribution in [2.45, 2.75) is 40.0 Å². The molecule has 0 amide bonds. The zero-order valence-electron chi connectivity index (χ0n) is 13.0. The number of rotatable bonds is 5. The van der Waals surface area contributed by atoms with Gasteiger partial charge in [-0.2, -0.15) is 0 Å². The van der Waals surface area contributed by atoms with E-state index in [0.717, 1.165) is 29.9 Å². The second-order valence-corrected chi connectivity index (χ2v) is 5.51. The van der Waals surface area contributed by atoms with Crippen molar-refractivity contribution in [3.05, 3.63) is 29.5 Å². The summed E-state index contributed by atoms with van der Waals surface area (Å²) >= 11 is 0. The minimum absolute atomic E-state index is 0.0963. The first-order valence-corrected chi connectivity index (χ1v) is 7.55. The van der Waals surface area contributed by atoms with Crippen LogP contribution in [-0.4, -0.2) is 24.2 Å². The van der Waals surface area contributed by atoms with Gasteiger partial charge in [0.05, 0.1) is 6.61 Å². The maximum absolute atomic E-state index is 11.4. The fourth-order valence-corrected chi connectivity index (χ4v) is 2.56. The molecule has 0 N–H and O–H groups in total. The largest absolute Gasteiger partial charge is 0.465 e. The van der Waals surface area contributed by atoms with Gasteiger partial charge >= 0.3 is 5.97 Å². The van der Waals surface area contributed by atoms with Crippen molar-refractivity contribution >= 4 is 11.5 Å². The molecule has 0 aromatic carbocycles. The lowest BCUT2D eigenvalue weighted by molar-refractivity contribution is -0.145. The Bertz CT molecular complexity index is 537. The van der Waals surface area contributed by atoms with Crippen LogP contribution in [0.3, 0.4) is 0 Å². The summed E-state index contributed by atoms with van der Waals surface area (Å²) in [7, 11) is 0. The highest BCUT2D eigenvalue weighted by molar-refractivity contribution is 5.74. The minimum Gasteiger partial charge on any atom is -0.465 e. The van der Waals surface area contributed by atoms with Gasteiger partial charge in [0.1, 0.15) is 0 Å². The molecule has 0 bridgehead atoms. The Morgan fingerprint density at radius 3 is 2.95 bits per heavy atom. The summed E-state index contributed by atoms with van der Waals surface area (Å²) in [6, 6.07) is 1.98. The van der Waals surface area contributed by atoms with E-state index in [1.54, 1.807) is 13.1 Å². The number of aryl methyl sites for hydroxylation is 1. The Balaban J connectivity index is 2.18. The topological polar surface area (TPSA) is 48.4 Å². The lowest BCUT2D eigenvalue weighted by atomic mass is 9.87. The van der Waals surface area contributed by atoms with Crippen LogP contribution < -0.4 is 4.74 Å². The molecule has 0 fully saturated rings. The number of esters is 1. The smallest absolute Gasteiger partial charge is 0.344 e. The van der Waals surface area contributed by atoms with Crippen molar-refractivity contribution in [1.82, 2.24) is 4.98 Å². The molecule has 1 heterocycles. The molecule has 1 aliphatic carbocycles. The van der Waals surface area contributed by atoms with Crippen molar-refractivity contribution in [1.29, 1.82) is 0 Å². The van der Waals surface area contributed by atoms with Crippen LogP contribution in [0.25, 0.3) is 5.57 Å². The molecule has 0 radical (unpaired) electrons. The molecule has 0 saturated carbocycles. The number of carbonyl (C=O) groups excluding carboxylic acids is 1. The fourth-order valence-electron chi connectivity index (χ4n) is 2.56. The van der Waals surface area contributed by atoms with Gasteiger partial charge in [0, 0.05) is 11.8 Å². The quantitative estimate of drug-likeness (QED) is 0.778. The SMILES string of the molecule is CCOC(=O)COc1nccc(C)c1C1=CCC(C)CC1. The maximum Gasteiger partial charge on any atom is 0.344 e. The summed E-state index contributed by atoms with van der Waals surface area (Å²) in [4.78, 5) is 15.7. The van der Waals surface area contributed by atoms with Crippen LogP contribution in [0.5, 0.6) is 5.88 Å². The van der Waals surface area contributed by atoms with Crippen molar-refractivity contribution in [2.75, 3.05) is 13.2 Å². The Kier molecular flexibility index (Phi) is 5.37. The number of ether oxygens (including phenoxy) is 2. The third kappa shape index (κ3) is 4.06. The highest BCUT2D eigenvalue weighted by Crippen LogP contribution is 2.35. The van der Waals surface area contributed by atoms with Crippen molar-refractivity contribution in [3.63, 3.8) is 0 Å². The molecule has 0 spiro atoms. The molecule has 4 nitrogen and oxygen atoms in total. The Morgan fingerprint density at radius 1 is 1.48 bits per heavy atom. The molecule has 0 saturated heterocycles. The average molecular weight is 289 g/mol. The van der Waals surface area contributed by atoms with Crippen LogP contribution in [0.15, 0.2) is 18.3 Å². The van der Waals surface area contributed by atoms with Gasteiger partial charge in [-0.15, -0.1) is 0 Å². The molecular formula is C17H23NO3. The van der Waals surface area contributed by atoms with Crippen LogP contribution in [0.4, 0.5) is 0 Å². The summed E-state index contributed by atoms with van der Waals surface area (Å²) in [5.41, 5.74) is 3.44. The number of hydrogen-bond donors (Lipinski definition) is 0. The van der Waals surface area contributed by atoms with Gasteiger partial charge in [-0.1, -0.05) is 13.0 Å². The van der Waals surface area contributed by atoms with Crippen molar-refractivity contribution < 1.29 is 14.3 Å². The monoisotopic (exact) mass is 289 g/mol. The fraction of sp³-hybridized carbons (Fsp3) is 0.529. The molecule has 4 heteroatoms. The van der Waals surface area contributed by atoms with Crippen molar-refractivity contribution in [2.24, 2.45) is 5.92 Å². The van der Waals surface area contributed by atoms with E-state index >= 15 is 0 Å². The van der Waals surface area contributed by atoms with E-state index < -0.39 is 0 Å². The summed E-state index contributed by atoms with van der Waals surface area (Å²) in [5, 5.41) is 0. The van der Waals surface area contributed by atoms with Gasteiger partial charge in [-0.3, -0.25) is 0 Å². The molecule has 2 rings (SSSR count). The van der Waals surface area contributed by atoms with Crippen LogP contribution in [0.2, 0.25) is 0 Å². The van der Waals surface area contributed by atoms with Crippen LogP contribution in [0, 0.1) is 12.8 Å². The average Bonchev–Trinajstić information content (AvgIpc) is 2.47. The van der Waals surface area contributed by atoms with E-state index in [2.05, 4.69) is 18.0 Å². The molecular weight excluding hydrogens is 266 g/mol. The van der Waals surface area contributed by atoms with E-state index in [4.69, 9.17) is 9.47 Å². The number of aromatic nitrogens is 1. The van der Waals surface area contributed by atoms with Gasteiger partial charge in [0.15, 0.2) is 6.61 Å². The maximum atomic E-state index is 11.4. The molecule has 114 valence electrons. The number of carbonyl (C=O) groups is 1. The molecule has 1 aromatic heterocycles. The zero-order valence-corrected chi connectivity index (χ0v) is 13.0. The van der Waals surface area contributed by atoms with E-state index in [1.807, 2.05) is 13.0 Å². The van der Waals surface area contributed by atoms with Gasteiger partial charge < -0.3 is 9.47 Å². The molecule has 1 unspecified atom stereocenters. The standard InChI is InChI=1S/C17H23NO3/c1-4-20-15(19)11-21-17-16(13(3)9-10-18-17)14-7-5-12(2)6-8-14/h7,9-10,12H,4-6,8,11H2,1-3H3. The predicted molar refractivity (Wildman–Crippen MR) is 82.1 cm³/mol. The normalized spacial score (nSPS) is 18.0.